The SMILES string of the molecule is CC[C@@H](C)NC(=O)[C@H](C)N(Cc1cccc(OC)c1)C(=O)CSCc1cccc(C)c1. The van der Waals surface area contributed by atoms with Gasteiger partial charge in [0.2, 0.25) is 11.8 Å². The van der Waals surface area contributed by atoms with Crippen LogP contribution < -0.4 is 10.1 Å². The van der Waals surface area contributed by atoms with Gasteiger partial charge in [0.1, 0.15) is 11.8 Å². The number of carbonyl (C=O) groups is 2. The van der Waals surface area contributed by atoms with Crippen molar-refractivity contribution >= 4 is 23.6 Å². The van der Waals surface area contributed by atoms with Gasteiger partial charge < -0.3 is 15.0 Å². The summed E-state index contributed by atoms with van der Waals surface area (Å²) in [5, 5.41) is 3.00. The minimum absolute atomic E-state index is 0.0488. The lowest BCUT2D eigenvalue weighted by atomic mass is 10.1. The van der Waals surface area contributed by atoms with Crippen molar-refractivity contribution < 1.29 is 14.3 Å². The smallest absolute Gasteiger partial charge is 0.242 e. The second kappa shape index (κ2) is 12.4. The summed E-state index contributed by atoms with van der Waals surface area (Å²) in [6, 6.07) is 15.4. The summed E-state index contributed by atoms with van der Waals surface area (Å²) >= 11 is 1.57. The van der Waals surface area contributed by atoms with E-state index in [2.05, 4.69) is 30.4 Å². The van der Waals surface area contributed by atoms with E-state index in [0.717, 1.165) is 23.5 Å². The maximum Gasteiger partial charge on any atom is 0.242 e. The fourth-order valence-electron chi connectivity index (χ4n) is 3.16. The highest BCUT2D eigenvalue weighted by Gasteiger charge is 2.26. The maximum absolute atomic E-state index is 13.2. The number of methoxy groups -OCH3 is 1. The van der Waals surface area contributed by atoms with E-state index in [1.54, 1.807) is 30.7 Å². The highest BCUT2D eigenvalue weighted by atomic mass is 32.2. The Morgan fingerprint density at radius 3 is 2.48 bits per heavy atom. The molecule has 168 valence electrons. The third-order valence-electron chi connectivity index (χ3n) is 5.23. The van der Waals surface area contributed by atoms with Crippen molar-refractivity contribution in [2.75, 3.05) is 12.9 Å². The van der Waals surface area contributed by atoms with Crippen molar-refractivity contribution in [3.63, 3.8) is 0 Å². The highest BCUT2D eigenvalue weighted by molar-refractivity contribution is 7.99. The van der Waals surface area contributed by atoms with E-state index >= 15 is 0 Å². The van der Waals surface area contributed by atoms with Gasteiger partial charge in [0.15, 0.2) is 0 Å². The predicted octanol–water partition coefficient (Wildman–Crippen LogP) is 4.57. The minimum atomic E-state index is -0.563. The fourth-order valence-corrected chi connectivity index (χ4v) is 4.01. The lowest BCUT2D eigenvalue weighted by Gasteiger charge is -2.29. The third kappa shape index (κ3) is 7.94. The van der Waals surface area contributed by atoms with Gasteiger partial charge >= 0.3 is 0 Å². The van der Waals surface area contributed by atoms with Gasteiger partial charge in [-0.3, -0.25) is 9.59 Å². The van der Waals surface area contributed by atoms with Crippen LogP contribution in [0.1, 0.15) is 43.9 Å². The average molecular weight is 443 g/mol. The number of amides is 2. The zero-order valence-electron chi connectivity index (χ0n) is 19.2. The highest BCUT2D eigenvalue weighted by Crippen LogP contribution is 2.19. The first kappa shape index (κ1) is 24.8. The lowest BCUT2D eigenvalue weighted by Crippen LogP contribution is -2.50. The molecule has 2 aromatic rings. The molecular formula is C25H34N2O3S. The molecule has 0 saturated heterocycles. The molecule has 2 aromatic carbocycles. The Bertz CT molecular complexity index is 871. The van der Waals surface area contributed by atoms with Gasteiger partial charge in [0, 0.05) is 18.3 Å². The predicted molar refractivity (Wildman–Crippen MR) is 128 cm³/mol. The molecule has 5 nitrogen and oxygen atoms in total. The molecule has 6 heteroatoms. The summed E-state index contributed by atoms with van der Waals surface area (Å²) < 4.78 is 5.31. The van der Waals surface area contributed by atoms with Crippen LogP contribution in [0.25, 0.3) is 0 Å². The Morgan fingerprint density at radius 1 is 1.10 bits per heavy atom. The first-order chi connectivity index (χ1) is 14.8. The van der Waals surface area contributed by atoms with Gasteiger partial charge in [-0.2, -0.15) is 0 Å². The second-order valence-corrected chi connectivity index (χ2v) is 8.83. The Hall–Kier alpha value is -2.47. The molecule has 2 amide bonds. The Kier molecular flexibility index (Phi) is 9.92. The van der Waals surface area contributed by atoms with Gasteiger partial charge in [-0.05, 0) is 50.5 Å². The molecule has 0 aromatic heterocycles. The second-order valence-electron chi connectivity index (χ2n) is 7.85. The van der Waals surface area contributed by atoms with Crippen molar-refractivity contribution in [3.05, 3.63) is 65.2 Å². The van der Waals surface area contributed by atoms with Crippen LogP contribution in [0.2, 0.25) is 0 Å². The standard InChI is InChI=1S/C25H34N2O3S/c1-6-19(3)26-25(29)20(4)27(15-21-10-8-12-23(14-21)30-5)24(28)17-31-16-22-11-7-9-18(2)13-22/h7-14,19-20H,6,15-17H2,1-5H3,(H,26,29)/t19-,20+/m1/s1. The first-order valence-corrected chi connectivity index (χ1v) is 11.9. The maximum atomic E-state index is 13.2. The van der Waals surface area contributed by atoms with Crippen molar-refractivity contribution in [2.24, 2.45) is 0 Å². The number of nitrogens with zero attached hydrogens (tertiary/aromatic N) is 1. The Balaban J connectivity index is 2.10. The van der Waals surface area contributed by atoms with E-state index in [9.17, 15) is 9.59 Å². The molecule has 2 rings (SSSR count). The van der Waals surface area contributed by atoms with Crippen molar-refractivity contribution in [3.8, 4) is 5.75 Å². The molecule has 0 fully saturated rings. The van der Waals surface area contributed by atoms with Crippen molar-refractivity contribution in [1.82, 2.24) is 10.2 Å². The van der Waals surface area contributed by atoms with Crippen LogP contribution in [-0.4, -0.2) is 41.7 Å². The van der Waals surface area contributed by atoms with E-state index < -0.39 is 6.04 Å². The molecule has 1 N–H and O–H groups in total. The Morgan fingerprint density at radius 2 is 1.81 bits per heavy atom. The van der Waals surface area contributed by atoms with Gasteiger partial charge in [0.25, 0.3) is 0 Å². The van der Waals surface area contributed by atoms with Gasteiger partial charge in [0.05, 0.1) is 12.9 Å². The minimum Gasteiger partial charge on any atom is -0.497 e. The topological polar surface area (TPSA) is 58.6 Å². The van der Waals surface area contributed by atoms with E-state index in [1.165, 1.54) is 11.1 Å². The molecule has 0 aliphatic rings. The summed E-state index contributed by atoms with van der Waals surface area (Å²) in [6.45, 7) is 8.21. The number of hydrogen-bond acceptors (Lipinski definition) is 4. The van der Waals surface area contributed by atoms with Crippen LogP contribution in [0.15, 0.2) is 48.5 Å². The molecule has 0 bridgehead atoms. The molecule has 0 aliphatic heterocycles. The summed E-state index contributed by atoms with van der Waals surface area (Å²) in [5.74, 6) is 1.63. The van der Waals surface area contributed by atoms with Crippen LogP contribution in [0.5, 0.6) is 5.75 Å². The van der Waals surface area contributed by atoms with Gasteiger partial charge in [-0.25, -0.2) is 0 Å². The van der Waals surface area contributed by atoms with Crippen molar-refractivity contribution in [2.45, 2.75) is 58.5 Å². The van der Waals surface area contributed by atoms with Crippen LogP contribution in [0, 0.1) is 6.92 Å². The number of ether oxygens (including phenoxy) is 1. The number of benzene rings is 2. The quantitative estimate of drug-likeness (QED) is 0.554. The van der Waals surface area contributed by atoms with E-state index in [-0.39, 0.29) is 17.9 Å². The van der Waals surface area contributed by atoms with Crippen molar-refractivity contribution in [1.29, 1.82) is 0 Å². The third-order valence-corrected chi connectivity index (χ3v) is 6.22. The van der Waals surface area contributed by atoms with Gasteiger partial charge in [-0.15, -0.1) is 11.8 Å². The molecule has 0 radical (unpaired) electrons. The normalized spacial score (nSPS) is 12.7. The van der Waals surface area contributed by atoms with Crippen LogP contribution in [0.3, 0.4) is 0 Å². The molecule has 31 heavy (non-hydrogen) atoms. The molecule has 0 saturated carbocycles. The average Bonchev–Trinajstić information content (AvgIpc) is 2.76. The zero-order chi connectivity index (χ0) is 22.8. The number of thioether (sulfide) groups is 1. The molecule has 0 aliphatic carbocycles. The molecular weight excluding hydrogens is 408 g/mol. The first-order valence-electron chi connectivity index (χ1n) is 10.7. The van der Waals surface area contributed by atoms with Crippen LogP contribution in [0.4, 0.5) is 0 Å². The number of hydrogen-bond donors (Lipinski definition) is 1. The van der Waals surface area contributed by atoms with E-state index in [1.807, 2.05) is 44.2 Å². The lowest BCUT2D eigenvalue weighted by molar-refractivity contribution is -0.138. The monoisotopic (exact) mass is 442 g/mol. The number of nitrogens with one attached hydrogen (secondary N) is 1. The summed E-state index contributed by atoms with van der Waals surface area (Å²) in [4.78, 5) is 27.6. The number of aryl methyl sites for hydroxylation is 1. The Labute approximate surface area is 190 Å². The molecule has 0 unspecified atom stereocenters. The largest absolute Gasteiger partial charge is 0.497 e. The molecule has 0 heterocycles. The zero-order valence-corrected chi connectivity index (χ0v) is 20.0. The molecule has 0 spiro atoms. The summed E-state index contributed by atoms with van der Waals surface area (Å²) in [5.41, 5.74) is 3.33. The van der Waals surface area contributed by atoms with E-state index in [4.69, 9.17) is 4.74 Å². The van der Waals surface area contributed by atoms with Gasteiger partial charge in [-0.1, -0.05) is 48.9 Å². The molecule has 2 atom stereocenters. The number of rotatable bonds is 11. The van der Waals surface area contributed by atoms with E-state index in [0.29, 0.717) is 12.3 Å². The number of carbonyl (C=O) groups excluding carboxylic acids is 2. The summed E-state index contributed by atoms with van der Waals surface area (Å²) in [6.07, 6.45) is 0.842. The summed E-state index contributed by atoms with van der Waals surface area (Å²) in [7, 11) is 1.62. The van der Waals surface area contributed by atoms with Crippen LogP contribution >= 0.6 is 11.8 Å². The van der Waals surface area contributed by atoms with Crippen LogP contribution in [-0.2, 0) is 21.9 Å². The fraction of sp³-hybridized carbons (Fsp3) is 0.440.